The lowest BCUT2D eigenvalue weighted by Gasteiger charge is -2.28. The lowest BCUT2D eigenvalue weighted by atomic mass is 9.93. The van der Waals surface area contributed by atoms with E-state index in [-0.39, 0.29) is 12.1 Å². The van der Waals surface area contributed by atoms with Crippen molar-refractivity contribution in [2.24, 2.45) is 0 Å². The first-order valence-electron chi connectivity index (χ1n) is 8.42. The molecule has 22 heavy (non-hydrogen) atoms. The van der Waals surface area contributed by atoms with Crippen molar-refractivity contribution in [3.8, 4) is 0 Å². The third kappa shape index (κ3) is 3.80. The minimum Gasteiger partial charge on any atom is -0.388 e. The molecule has 2 aliphatic rings. The molecule has 1 heterocycles. The summed E-state index contributed by atoms with van der Waals surface area (Å²) in [6.45, 7) is 0.350. The first-order valence-corrected chi connectivity index (χ1v) is 8.42. The molecule has 6 heteroatoms. The number of hydrogen-bond acceptors (Lipinski definition) is 3. The third-order valence-corrected chi connectivity index (χ3v) is 4.96. The van der Waals surface area contributed by atoms with Crippen LogP contribution in [0.2, 0.25) is 0 Å². The van der Waals surface area contributed by atoms with Crippen LogP contribution in [0.3, 0.4) is 0 Å². The molecule has 0 bridgehead atoms. The molecule has 2 aliphatic carbocycles. The maximum atomic E-state index is 12.1. The molecule has 0 radical (unpaired) electrons. The molecule has 1 aromatic heterocycles. The maximum absolute atomic E-state index is 12.1. The van der Waals surface area contributed by atoms with Gasteiger partial charge in [0.1, 0.15) is 0 Å². The summed E-state index contributed by atoms with van der Waals surface area (Å²) in [6.07, 6.45) is 10.5. The Kier molecular flexibility index (Phi) is 4.66. The lowest BCUT2D eigenvalue weighted by molar-refractivity contribution is 0.0276. The number of rotatable bonds is 3. The average Bonchev–Trinajstić information content (AvgIpc) is 2.86. The normalized spacial score (nSPS) is 24.1. The first kappa shape index (κ1) is 15.3. The van der Waals surface area contributed by atoms with Crippen molar-refractivity contribution < 1.29 is 9.90 Å². The Labute approximate surface area is 131 Å². The summed E-state index contributed by atoms with van der Waals surface area (Å²) in [4.78, 5) is 12.1. The highest BCUT2D eigenvalue weighted by molar-refractivity contribution is 5.74. The van der Waals surface area contributed by atoms with E-state index in [4.69, 9.17) is 0 Å². The number of H-pyrrole nitrogens is 1. The Morgan fingerprint density at radius 3 is 2.91 bits per heavy atom. The maximum Gasteiger partial charge on any atom is 0.315 e. The quantitative estimate of drug-likeness (QED) is 0.640. The molecule has 1 unspecified atom stereocenters. The molecular formula is C16H26N4O2. The number of aliphatic hydroxyl groups is 1. The zero-order chi connectivity index (χ0) is 15.4. The monoisotopic (exact) mass is 306 g/mol. The fourth-order valence-corrected chi connectivity index (χ4v) is 3.58. The largest absolute Gasteiger partial charge is 0.388 e. The van der Waals surface area contributed by atoms with Crippen LogP contribution < -0.4 is 10.6 Å². The van der Waals surface area contributed by atoms with Crippen LogP contribution >= 0.6 is 0 Å². The van der Waals surface area contributed by atoms with Crippen LogP contribution in [0.4, 0.5) is 4.79 Å². The molecule has 1 fully saturated rings. The second kappa shape index (κ2) is 6.69. The van der Waals surface area contributed by atoms with Gasteiger partial charge in [-0.05, 0) is 37.7 Å². The van der Waals surface area contributed by atoms with E-state index >= 15 is 0 Å². The van der Waals surface area contributed by atoms with Crippen molar-refractivity contribution in [1.29, 1.82) is 0 Å². The highest BCUT2D eigenvalue weighted by atomic mass is 16.3. The van der Waals surface area contributed by atoms with Crippen molar-refractivity contribution in [3.05, 3.63) is 17.5 Å². The van der Waals surface area contributed by atoms with Crippen LogP contribution in [0, 0.1) is 0 Å². The summed E-state index contributed by atoms with van der Waals surface area (Å²) >= 11 is 0. The van der Waals surface area contributed by atoms with Gasteiger partial charge in [0, 0.05) is 18.3 Å². The van der Waals surface area contributed by atoms with Gasteiger partial charge in [0.25, 0.3) is 0 Å². The zero-order valence-corrected chi connectivity index (χ0v) is 13.0. The van der Waals surface area contributed by atoms with Gasteiger partial charge in [0.05, 0.1) is 11.8 Å². The smallest absolute Gasteiger partial charge is 0.315 e. The first-order chi connectivity index (χ1) is 10.6. The predicted molar refractivity (Wildman–Crippen MR) is 83.6 cm³/mol. The van der Waals surface area contributed by atoms with Gasteiger partial charge in [-0.25, -0.2) is 4.79 Å². The van der Waals surface area contributed by atoms with Gasteiger partial charge < -0.3 is 15.7 Å². The van der Waals surface area contributed by atoms with Gasteiger partial charge in [0.2, 0.25) is 0 Å². The van der Waals surface area contributed by atoms with Gasteiger partial charge in [-0.2, -0.15) is 5.10 Å². The fourth-order valence-electron chi connectivity index (χ4n) is 3.58. The van der Waals surface area contributed by atoms with Gasteiger partial charge in [-0.3, -0.25) is 5.10 Å². The number of fused-ring (bicyclic) bond motifs is 1. The summed E-state index contributed by atoms with van der Waals surface area (Å²) in [5.41, 5.74) is 1.66. The molecule has 1 atom stereocenters. The number of aryl methyl sites for hydroxylation is 1. The Morgan fingerprint density at radius 1 is 1.36 bits per heavy atom. The molecule has 3 rings (SSSR count). The van der Waals surface area contributed by atoms with Crippen LogP contribution in [0.1, 0.15) is 56.2 Å². The van der Waals surface area contributed by atoms with Crippen LogP contribution in [0.15, 0.2) is 6.20 Å². The van der Waals surface area contributed by atoms with Gasteiger partial charge >= 0.3 is 6.03 Å². The molecule has 0 saturated heterocycles. The van der Waals surface area contributed by atoms with Gasteiger partial charge in [-0.1, -0.05) is 25.7 Å². The van der Waals surface area contributed by atoms with Crippen molar-refractivity contribution in [2.45, 2.75) is 69.4 Å². The van der Waals surface area contributed by atoms with E-state index in [1.54, 1.807) is 0 Å². The third-order valence-electron chi connectivity index (χ3n) is 4.96. The number of nitrogens with zero attached hydrogens (tertiary/aromatic N) is 1. The summed E-state index contributed by atoms with van der Waals surface area (Å²) in [7, 11) is 0. The molecule has 0 aromatic carbocycles. The van der Waals surface area contributed by atoms with Crippen molar-refractivity contribution >= 4 is 6.03 Å². The van der Waals surface area contributed by atoms with E-state index in [9.17, 15) is 9.90 Å². The fraction of sp³-hybridized carbons (Fsp3) is 0.750. The molecule has 6 nitrogen and oxygen atoms in total. The second-order valence-electron chi connectivity index (χ2n) is 6.78. The number of hydrogen-bond donors (Lipinski definition) is 4. The molecule has 2 amide bonds. The summed E-state index contributed by atoms with van der Waals surface area (Å²) in [6, 6.07) is -0.0245. The van der Waals surface area contributed by atoms with Crippen molar-refractivity contribution in [3.63, 3.8) is 0 Å². The standard InChI is InChI=1S/C16H26N4O2/c21-15(17-11-16(22)7-3-1-2-4-8-16)19-13-5-6-14-12(9-13)10-18-20-14/h10,13,22H,1-9,11H2,(H,18,20)(H2,17,19,21). The molecule has 1 aromatic rings. The van der Waals surface area contributed by atoms with E-state index < -0.39 is 5.60 Å². The van der Waals surface area contributed by atoms with E-state index in [0.29, 0.717) is 6.54 Å². The van der Waals surface area contributed by atoms with E-state index in [2.05, 4.69) is 20.8 Å². The summed E-state index contributed by atoms with van der Waals surface area (Å²) < 4.78 is 0. The number of nitrogens with one attached hydrogen (secondary N) is 3. The number of carbonyl (C=O) groups excluding carboxylic acids is 1. The molecule has 122 valence electrons. The summed E-state index contributed by atoms with van der Waals surface area (Å²) in [5.74, 6) is 0. The lowest BCUT2D eigenvalue weighted by Crippen LogP contribution is -2.49. The number of aromatic nitrogens is 2. The molecular weight excluding hydrogens is 280 g/mol. The summed E-state index contributed by atoms with van der Waals surface area (Å²) in [5, 5.41) is 23.5. The van der Waals surface area contributed by atoms with Crippen LogP contribution in [-0.4, -0.2) is 39.5 Å². The van der Waals surface area contributed by atoms with Crippen LogP contribution in [0.5, 0.6) is 0 Å². The van der Waals surface area contributed by atoms with Gasteiger partial charge in [0.15, 0.2) is 0 Å². The molecule has 0 aliphatic heterocycles. The number of aromatic amines is 1. The molecule has 4 N–H and O–H groups in total. The van der Waals surface area contributed by atoms with Gasteiger partial charge in [-0.15, -0.1) is 0 Å². The Balaban J connectivity index is 1.45. The Bertz CT molecular complexity index is 506. The van der Waals surface area contributed by atoms with E-state index in [0.717, 1.165) is 44.9 Å². The van der Waals surface area contributed by atoms with Crippen molar-refractivity contribution in [1.82, 2.24) is 20.8 Å². The van der Waals surface area contributed by atoms with E-state index in [1.165, 1.54) is 24.1 Å². The minimum absolute atomic E-state index is 0.147. The predicted octanol–water partition coefficient (Wildman–Crippen LogP) is 1.65. The number of carbonyl (C=O) groups is 1. The highest BCUT2D eigenvalue weighted by Crippen LogP contribution is 2.26. The zero-order valence-electron chi connectivity index (χ0n) is 13.0. The Morgan fingerprint density at radius 2 is 2.14 bits per heavy atom. The topological polar surface area (TPSA) is 90.0 Å². The van der Waals surface area contributed by atoms with Crippen LogP contribution in [0.25, 0.3) is 0 Å². The minimum atomic E-state index is -0.724. The SMILES string of the molecule is O=C(NCC1(O)CCCCCC1)NC1CCc2[nH]ncc2C1. The number of urea groups is 1. The average molecular weight is 306 g/mol. The van der Waals surface area contributed by atoms with Crippen molar-refractivity contribution in [2.75, 3.05) is 6.54 Å². The molecule has 0 spiro atoms. The highest BCUT2D eigenvalue weighted by Gasteiger charge is 2.29. The Hall–Kier alpha value is -1.56. The van der Waals surface area contributed by atoms with Crippen LogP contribution in [-0.2, 0) is 12.8 Å². The second-order valence-corrected chi connectivity index (χ2v) is 6.78. The molecule has 1 saturated carbocycles. The number of amides is 2. The van der Waals surface area contributed by atoms with E-state index in [1.807, 2.05) is 6.20 Å².